The van der Waals surface area contributed by atoms with Crippen LogP contribution in [0.2, 0.25) is 0 Å². The van der Waals surface area contributed by atoms with Crippen molar-refractivity contribution in [2.24, 2.45) is 5.92 Å². The minimum atomic E-state index is 0.472. The van der Waals surface area contributed by atoms with Crippen LogP contribution in [0.15, 0.2) is 18.2 Å². The highest BCUT2D eigenvalue weighted by molar-refractivity contribution is 5.44. The average molecular weight is 292 g/mol. The van der Waals surface area contributed by atoms with Gasteiger partial charge in [-0.1, -0.05) is 66.2 Å². The predicted octanol–water partition coefficient (Wildman–Crippen LogP) is 5.37. The molecule has 0 heterocycles. The summed E-state index contributed by atoms with van der Waals surface area (Å²) >= 11 is 0. The van der Waals surface area contributed by atoms with Crippen LogP contribution in [-0.4, -0.2) is 19.8 Å². The summed E-state index contributed by atoms with van der Waals surface area (Å²) in [4.78, 5) is 0. The van der Waals surface area contributed by atoms with Gasteiger partial charge in [0.05, 0.1) is 6.61 Å². The van der Waals surface area contributed by atoms with Crippen molar-refractivity contribution >= 4 is 0 Å². The van der Waals surface area contributed by atoms with Gasteiger partial charge in [-0.2, -0.15) is 0 Å². The quantitative estimate of drug-likeness (QED) is 0.569. The third-order valence-electron chi connectivity index (χ3n) is 3.89. The minimum Gasteiger partial charge on any atom is -0.491 e. The van der Waals surface area contributed by atoms with E-state index in [1.807, 2.05) is 0 Å². The fourth-order valence-electron chi connectivity index (χ4n) is 2.25. The van der Waals surface area contributed by atoms with E-state index in [1.54, 1.807) is 0 Å². The number of hydrogen-bond acceptors (Lipinski definition) is 2. The molecule has 1 unspecified atom stereocenters. The Morgan fingerprint density at radius 1 is 0.905 bits per heavy atom. The SMILES string of the molecule is CCC(C)COCCOc1c(C(C)C)cccc1C(C)C. The lowest BCUT2D eigenvalue weighted by atomic mass is 9.94. The standard InChI is InChI=1S/C19H32O2/c1-7-16(6)13-20-11-12-21-19-17(14(2)3)9-8-10-18(19)15(4)5/h8-10,14-16H,7,11-13H2,1-6H3. The van der Waals surface area contributed by atoms with Crippen molar-refractivity contribution in [3.05, 3.63) is 29.3 Å². The lowest BCUT2D eigenvalue weighted by Crippen LogP contribution is -2.13. The largest absolute Gasteiger partial charge is 0.491 e. The maximum Gasteiger partial charge on any atom is 0.126 e. The Bertz CT molecular complexity index is 384. The van der Waals surface area contributed by atoms with Gasteiger partial charge in [0.1, 0.15) is 12.4 Å². The van der Waals surface area contributed by atoms with E-state index in [0.717, 1.165) is 18.8 Å². The summed E-state index contributed by atoms with van der Waals surface area (Å²) in [5, 5.41) is 0. The Balaban J connectivity index is 2.64. The van der Waals surface area contributed by atoms with Gasteiger partial charge in [0, 0.05) is 6.61 Å². The van der Waals surface area contributed by atoms with Crippen LogP contribution in [0.4, 0.5) is 0 Å². The molecular formula is C19H32O2. The molecule has 21 heavy (non-hydrogen) atoms. The van der Waals surface area contributed by atoms with Crippen molar-refractivity contribution in [3.63, 3.8) is 0 Å². The van der Waals surface area contributed by atoms with E-state index in [4.69, 9.17) is 9.47 Å². The van der Waals surface area contributed by atoms with Gasteiger partial charge in [0.25, 0.3) is 0 Å². The fraction of sp³-hybridized carbons (Fsp3) is 0.684. The first-order chi connectivity index (χ1) is 9.97. The molecule has 0 aliphatic heterocycles. The van der Waals surface area contributed by atoms with E-state index in [9.17, 15) is 0 Å². The molecule has 0 aliphatic rings. The molecule has 0 amide bonds. The van der Waals surface area contributed by atoms with E-state index < -0.39 is 0 Å². The van der Waals surface area contributed by atoms with Crippen LogP contribution >= 0.6 is 0 Å². The van der Waals surface area contributed by atoms with Gasteiger partial charge >= 0.3 is 0 Å². The lowest BCUT2D eigenvalue weighted by molar-refractivity contribution is 0.0765. The first-order valence-electron chi connectivity index (χ1n) is 8.30. The van der Waals surface area contributed by atoms with E-state index in [2.05, 4.69) is 59.7 Å². The summed E-state index contributed by atoms with van der Waals surface area (Å²) < 4.78 is 11.8. The molecule has 1 aromatic rings. The summed E-state index contributed by atoms with van der Waals surface area (Å²) in [5.74, 6) is 2.63. The van der Waals surface area contributed by atoms with Crippen LogP contribution in [-0.2, 0) is 4.74 Å². The van der Waals surface area contributed by atoms with E-state index >= 15 is 0 Å². The van der Waals surface area contributed by atoms with Gasteiger partial charge < -0.3 is 9.47 Å². The summed E-state index contributed by atoms with van der Waals surface area (Å²) in [6.45, 7) is 15.4. The third kappa shape index (κ3) is 5.70. The molecule has 2 nitrogen and oxygen atoms in total. The number of benzene rings is 1. The van der Waals surface area contributed by atoms with Gasteiger partial charge in [-0.15, -0.1) is 0 Å². The average Bonchev–Trinajstić information content (AvgIpc) is 2.46. The second-order valence-electron chi connectivity index (χ2n) is 6.51. The zero-order valence-electron chi connectivity index (χ0n) is 14.6. The molecule has 120 valence electrons. The molecule has 0 aromatic heterocycles. The molecular weight excluding hydrogens is 260 g/mol. The Hall–Kier alpha value is -1.02. The van der Waals surface area contributed by atoms with Crippen molar-refractivity contribution < 1.29 is 9.47 Å². The van der Waals surface area contributed by atoms with Gasteiger partial charge in [0.15, 0.2) is 0 Å². The Kier molecular flexibility index (Phi) is 7.81. The van der Waals surface area contributed by atoms with E-state index in [0.29, 0.717) is 31.0 Å². The highest BCUT2D eigenvalue weighted by atomic mass is 16.5. The Morgan fingerprint density at radius 3 is 1.95 bits per heavy atom. The van der Waals surface area contributed by atoms with Crippen LogP contribution in [0.25, 0.3) is 0 Å². The summed E-state index contributed by atoms with van der Waals surface area (Å²) in [7, 11) is 0. The summed E-state index contributed by atoms with van der Waals surface area (Å²) in [6, 6.07) is 6.48. The Morgan fingerprint density at radius 2 is 1.48 bits per heavy atom. The monoisotopic (exact) mass is 292 g/mol. The van der Waals surface area contributed by atoms with Gasteiger partial charge in [-0.05, 0) is 28.9 Å². The first kappa shape index (κ1) is 18.0. The van der Waals surface area contributed by atoms with Crippen LogP contribution in [0.1, 0.15) is 70.9 Å². The normalized spacial score (nSPS) is 13.0. The summed E-state index contributed by atoms with van der Waals surface area (Å²) in [6.07, 6.45) is 1.16. The molecule has 0 aliphatic carbocycles. The minimum absolute atomic E-state index is 0.472. The number of para-hydroxylation sites is 1. The molecule has 1 rings (SSSR count). The van der Waals surface area contributed by atoms with Crippen LogP contribution in [0, 0.1) is 5.92 Å². The lowest BCUT2D eigenvalue weighted by Gasteiger charge is -2.20. The third-order valence-corrected chi connectivity index (χ3v) is 3.89. The molecule has 1 atom stereocenters. The predicted molar refractivity (Wildman–Crippen MR) is 90.4 cm³/mol. The second-order valence-corrected chi connectivity index (χ2v) is 6.51. The highest BCUT2D eigenvalue weighted by Gasteiger charge is 2.14. The Labute approximate surface area is 130 Å². The van der Waals surface area contributed by atoms with Crippen molar-refractivity contribution in [1.29, 1.82) is 0 Å². The topological polar surface area (TPSA) is 18.5 Å². The van der Waals surface area contributed by atoms with Crippen molar-refractivity contribution in [2.75, 3.05) is 19.8 Å². The first-order valence-corrected chi connectivity index (χ1v) is 8.30. The summed E-state index contributed by atoms with van der Waals surface area (Å²) in [5.41, 5.74) is 2.59. The molecule has 0 saturated carbocycles. The van der Waals surface area contributed by atoms with Crippen molar-refractivity contribution in [3.8, 4) is 5.75 Å². The maximum absolute atomic E-state index is 6.08. The zero-order valence-corrected chi connectivity index (χ0v) is 14.6. The fourth-order valence-corrected chi connectivity index (χ4v) is 2.25. The molecule has 0 bridgehead atoms. The molecule has 0 spiro atoms. The number of ether oxygens (including phenoxy) is 2. The molecule has 1 aromatic carbocycles. The van der Waals surface area contributed by atoms with Gasteiger partial charge in [-0.3, -0.25) is 0 Å². The molecule has 0 saturated heterocycles. The van der Waals surface area contributed by atoms with Crippen molar-refractivity contribution in [2.45, 2.75) is 59.8 Å². The second kappa shape index (κ2) is 9.09. The van der Waals surface area contributed by atoms with Gasteiger partial charge in [0.2, 0.25) is 0 Å². The van der Waals surface area contributed by atoms with Crippen molar-refractivity contribution in [1.82, 2.24) is 0 Å². The number of rotatable bonds is 9. The van der Waals surface area contributed by atoms with Gasteiger partial charge in [-0.25, -0.2) is 0 Å². The van der Waals surface area contributed by atoms with Crippen LogP contribution < -0.4 is 4.74 Å². The van der Waals surface area contributed by atoms with Crippen LogP contribution in [0.5, 0.6) is 5.75 Å². The zero-order chi connectivity index (χ0) is 15.8. The molecule has 2 heteroatoms. The highest BCUT2D eigenvalue weighted by Crippen LogP contribution is 2.34. The van der Waals surface area contributed by atoms with Crippen LogP contribution in [0.3, 0.4) is 0 Å². The smallest absolute Gasteiger partial charge is 0.126 e. The maximum atomic E-state index is 6.08. The number of hydrogen-bond donors (Lipinski definition) is 0. The molecule has 0 N–H and O–H groups in total. The van der Waals surface area contributed by atoms with E-state index in [1.165, 1.54) is 11.1 Å². The molecule has 0 fully saturated rings. The molecule has 0 radical (unpaired) electrons. The van der Waals surface area contributed by atoms with E-state index in [-0.39, 0.29) is 0 Å².